The molecule has 0 radical (unpaired) electrons. The number of carbonyl (C=O) groups is 2. The Bertz CT molecular complexity index is 450. The molecule has 2 atom stereocenters. The molecule has 0 aliphatic heterocycles. The molecule has 7 nitrogen and oxygen atoms in total. The molecule has 0 aliphatic rings. The fourth-order valence-electron chi connectivity index (χ4n) is 1.40. The zero-order valence-electron chi connectivity index (χ0n) is 11.9. The van der Waals surface area contributed by atoms with Crippen molar-refractivity contribution < 1.29 is 28.9 Å². The third-order valence-corrected chi connectivity index (χ3v) is 2.67. The van der Waals surface area contributed by atoms with Crippen LogP contribution in [0.5, 0.6) is 0 Å². The van der Waals surface area contributed by atoms with Gasteiger partial charge in [-0.15, -0.1) is 0 Å². The molecule has 2 N–H and O–H groups in total. The molecular weight excluding hydrogens is 278 g/mol. The summed E-state index contributed by atoms with van der Waals surface area (Å²) in [5.74, 6) is 0. The Morgan fingerprint density at radius 2 is 1.90 bits per heavy atom. The zero-order chi connectivity index (χ0) is 15.7. The normalized spacial score (nSPS) is 12.9. The molecule has 1 aromatic rings. The number of ether oxygens (including phenoxy) is 3. The van der Waals surface area contributed by atoms with E-state index in [-0.39, 0.29) is 13.2 Å². The molecule has 0 saturated carbocycles. The smallest absolute Gasteiger partial charge is 0.445 e. The van der Waals surface area contributed by atoms with Crippen molar-refractivity contribution in [1.29, 1.82) is 0 Å². The van der Waals surface area contributed by atoms with Gasteiger partial charge >= 0.3 is 12.2 Å². The van der Waals surface area contributed by atoms with E-state index < -0.39 is 24.4 Å². The van der Waals surface area contributed by atoms with Crippen LogP contribution in [0.3, 0.4) is 0 Å². The van der Waals surface area contributed by atoms with Crippen molar-refractivity contribution in [3.8, 4) is 0 Å². The lowest BCUT2D eigenvalue weighted by Gasteiger charge is -2.19. The van der Waals surface area contributed by atoms with Gasteiger partial charge in [0.2, 0.25) is 0 Å². The van der Waals surface area contributed by atoms with E-state index in [0.29, 0.717) is 0 Å². The molecule has 0 spiro atoms. The maximum Gasteiger partial charge on any atom is 0.508 e. The second-order valence-corrected chi connectivity index (χ2v) is 4.33. The monoisotopic (exact) mass is 297 g/mol. The van der Waals surface area contributed by atoms with Crippen molar-refractivity contribution in [2.45, 2.75) is 25.7 Å². The van der Waals surface area contributed by atoms with Crippen LogP contribution in [-0.4, -0.2) is 43.2 Å². The standard InChI is InChI=1S/C14H19NO6/c1-10(12(16)9-21-14(18)19-2)15-13(17)20-8-11-6-4-3-5-7-11/h3-7,10,12,16H,8-9H2,1-2H3,(H,15,17). The second-order valence-electron chi connectivity index (χ2n) is 4.33. The third-order valence-electron chi connectivity index (χ3n) is 2.67. The third kappa shape index (κ3) is 6.62. The van der Waals surface area contributed by atoms with E-state index in [1.165, 1.54) is 0 Å². The topological polar surface area (TPSA) is 94.1 Å². The number of hydrogen-bond acceptors (Lipinski definition) is 6. The summed E-state index contributed by atoms with van der Waals surface area (Å²) in [5, 5.41) is 12.1. The molecule has 0 fully saturated rings. The van der Waals surface area contributed by atoms with Gasteiger partial charge in [-0.2, -0.15) is 0 Å². The van der Waals surface area contributed by atoms with E-state index in [0.717, 1.165) is 12.7 Å². The van der Waals surface area contributed by atoms with E-state index in [4.69, 9.17) is 4.74 Å². The number of aliphatic hydroxyl groups is 1. The summed E-state index contributed by atoms with van der Waals surface area (Å²) in [4.78, 5) is 22.3. The minimum atomic E-state index is -1.06. The highest BCUT2D eigenvalue weighted by Crippen LogP contribution is 2.01. The molecule has 116 valence electrons. The minimum absolute atomic E-state index is 0.133. The summed E-state index contributed by atoms with van der Waals surface area (Å²) < 4.78 is 13.8. The molecule has 0 aliphatic carbocycles. The molecule has 1 aromatic carbocycles. The van der Waals surface area contributed by atoms with Crippen LogP contribution in [0.2, 0.25) is 0 Å². The molecule has 7 heteroatoms. The molecule has 2 unspecified atom stereocenters. The van der Waals surface area contributed by atoms with E-state index in [1.54, 1.807) is 6.92 Å². The van der Waals surface area contributed by atoms with Crippen LogP contribution in [0.4, 0.5) is 9.59 Å². The van der Waals surface area contributed by atoms with Gasteiger partial charge in [0.25, 0.3) is 0 Å². The van der Waals surface area contributed by atoms with Crippen LogP contribution in [-0.2, 0) is 20.8 Å². The van der Waals surface area contributed by atoms with Crippen LogP contribution in [0.25, 0.3) is 0 Å². The summed E-state index contributed by atoms with van der Waals surface area (Å²) in [6, 6.07) is 8.56. The maximum atomic E-state index is 11.5. The Labute approximate surface area is 122 Å². The number of rotatable bonds is 6. The molecular formula is C14H19NO6. The van der Waals surface area contributed by atoms with Crippen molar-refractivity contribution in [3.05, 3.63) is 35.9 Å². The zero-order valence-corrected chi connectivity index (χ0v) is 11.9. The maximum absolute atomic E-state index is 11.5. The largest absolute Gasteiger partial charge is 0.508 e. The summed E-state index contributed by atoms with van der Waals surface area (Å²) in [7, 11) is 1.16. The van der Waals surface area contributed by atoms with Crippen LogP contribution in [0, 0.1) is 0 Å². The predicted octanol–water partition coefficient (Wildman–Crippen LogP) is 1.45. The number of hydrogen-bond donors (Lipinski definition) is 2. The first kappa shape index (κ1) is 16.8. The summed E-state index contributed by atoms with van der Waals surface area (Å²) >= 11 is 0. The van der Waals surface area contributed by atoms with Crippen molar-refractivity contribution in [1.82, 2.24) is 5.32 Å². The SMILES string of the molecule is COC(=O)OCC(O)C(C)NC(=O)OCc1ccccc1. The predicted molar refractivity (Wildman–Crippen MR) is 73.6 cm³/mol. The quantitative estimate of drug-likeness (QED) is 0.772. The lowest BCUT2D eigenvalue weighted by Crippen LogP contribution is -2.43. The summed E-state index contributed by atoms with van der Waals surface area (Å²) in [5.41, 5.74) is 0.856. The number of benzene rings is 1. The summed E-state index contributed by atoms with van der Waals surface area (Å²) in [6.45, 7) is 1.41. The van der Waals surface area contributed by atoms with Gasteiger partial charge in [-0.3, -0.25) is 0 Å². The Kier molecular flexibility index (Phi) is 7.03. The molecule has 1 amide bonds. The average molecular weight is 297 g/mol. The number of alkyl carbamates (subject to hydrolysis) is 1. The Hall–Kier alpha value is -2.28. The van der Waals surface area contributed by atoms with E-state index in [2.05, 4.69) is 14.8 Å². The van der Waals surface area contributed by atoms with Crippen molar-refractivity contribution >= 4 is 12.2 Å². The number of amides is 1. The van der Waals surface area contributed by atoms with Gasteiger partial charge in [0.15, 0.2) is 0 Å². The molecule has 0 heterocycles. The Morgan fingerprint density at radius 1 is 1.24 bits per heavy atom. The van der Waals surface area contributed by atoms with E-state index in [9.17, 15) is 14.7 Å². The first-order valence-electron chi connectivity index (χ1n) is 6.39. The number of aliphatic hydroxyl groups excluding tert-OH is 1. The minimum Gasteiger partial charge on any atom is -0.445 e. The van der Waals surface area contributed by atoms with Gasteiger partial charge in [0, 0.05) is 0 Å². The van der Waals surface area contributed by atoms with Gasteiger partial charge in [-0.05, 0) is 12.5 Å². The Morgan fingerprint density at radius 3 is 2.52 bits per heavy atom. The number of methoxy groups -OCH3 is 1. The average Bonchev–Trinajstić information content (AvgIpc) is 2.51. The van der Waals surface area contributed by atoms with Gasteiger partial charge in [-0.25, -0.2) is 9.59 Å². The fraction of sp³-hybridized carbons (Fsp3) is 0.429. The first-order valence-corrected chi connectivity index (χ1v) is 6.39. The van der Waals surface area contributed by atoms with Crippen LogP contribution in [0.1, 0.15) is 12.5 Å². The second kappa shape index (κ2) is 8.80. The number of carbonyl (C=O) groups excluding carboxylic acids is 2. The van der Waals surface area contributed by atoms with E-state index in [1.807, 2.05) is 30.3 Å². The molecule has 0 saturated heterocycles. The van der Waals surface area contributed by atoms with Crippen LogP contribution < -0.4 is 5.32 Å². The van der Waals surface area contributed by atoms with Gasteiger partial charge < -0.3 is 24.6 Å². The van der Waals surface area contributed by atoms with Crippen molar-refractivity contribution in [2.24, 2.45) is 0 Å². The lowest BCUT2D eigenvalue weighted by molar-refractivity contribution is 0.0173. The first-order chi connectivity index (χ1) is 10.0. The highest BCUT2D eigenvalue weighted by Gasteiger charge is 2.19. The van der Waals surface area contributed by atoms with Gasteiger partial charge in [0.05, 0.1) is 13.2 Å². The van der Waals surface area contributed by atoms with Crippen LogP contribution >= 0.6 is 0 Å². The molecule has 0 bridgehead atoms. The van der Waals surface area contributed by atoms with Crippen molar-refractivity contribution in [3.63, 3.8) is 0 Å². The lowest BCUT2D eigenvalue weighted by atomic mass is 10.2. The van der Waals surface area contributed by atoms with Gasteiger partial charge in [-0.1, -0.05) is 30.3 Å². The van der Waals surface area contributed by atoms with E-state index >= 15 is 0 Å². The fourth-order valence-corrected chi connectivity index (χ4v) is 1.40. The molecule has 0 aromatic heterocycles. The highest BCUT2D eigenvalue weighted by atomic mass is 16.7. The highest BCUT2D eigenvalue weighted by molar-refractivity contribution is 5.67. The van der Waals surface area contributed by atoms with Gasteiger partial charge in [0.1, 0.15) is 19.3 Å². The molecule has 21 heavy (non-hydrogen) atoms. The van der Waals surface area contributed by atoms with Crippen LogP contribution in [0.15, 0.2) is 30.3 Å². The number of nitrogens with one attached hydrogen (secondary N) is 1. The Balaban J connectivity index is 2.28. The summed E-state index contributed by atoms with van der Waals surface area (Å²) in [6.07, 6.45) is -2.62. The van der Waals surface area contributed by atoms with Crippen molar-refractivity contribution in [2.75, 3.05) is 13.7 Å². The molecule has 1 rings (SSSR count).